The fraction of sp³-hybridized carbons (Fsp3) is 0.364. The number of nitrogens with zero attached hydrogens (tertiary/aromatic N) is 3. The molecule has 0 aliphatic heterocycles. The minimum absolute atomic E-state index is 0.0149. The van der Waals surface area contributed by atoms with Crippen LogP contribution in [0.5, 0.6) is 0 Å². The van der Waals surface area contributed by atoms with Gasteiger partial charge in [-0.15, -0.1) is 0 Å². The molecular formula is C11H10F3N3O3. The first-order valence-electron chi connectivity index (χ1n) is 5.50. The zero-order chi connectivity index (χ0) is 15.1. The van der Waals surface area contributed by atoms with Crippen molar-refractivity contribution in [1.82, 2.24) is 14.7 Å². The van der Waals surface area contributed by atoms with E-state index >= 15 is 0 Å². The standard InChI is InChI=1S/C11H10F3N3O3/c1-5-3-7(11(12,13)14)17(9(5)10(18)19)4-8-15-6(2)16-20-8/h3H,4H2,1-2H3,(H,18,19). The van der Waals surface area contributed by atoms with Crippen LogP contribution in [0.4, 0.5) is 13.2 Å². The highest BCUT2D eigenvalue weighted by Gasteiger charge is 2.37. The van der Waals surface area contributed by atoms with Crippen LogP contribution >= 0.6 is 0 Å². The van der Waals surface area contributed by atoms with E-state index in [4.69, 9.17) is 9.63 Å². The fourth-order valence-corrected chi connectivity index (χ4v) is 1.91. The molecule has 0 aliphatic carbocycles. The number of aromatic carboxylic acids is 1. The van der Waals surface area contributed by atoms with Gasteiger partial charge in [0.1, 0.15) is 17.9 Å². The summed E-state index contributed by atoms with van der Waals surface area (Å²) in [4.78, 5) is 14.9. The van der Waals surface area contributed by atoms with Gasteiger partial charge in [0.2, 0.25) is 5.89 Å². The molecule has 20 heavy (non-hydrogen) atoms. The lowest BCUT2D eigenvalue weighted by Crippen LogP contribution is -2.18. The van der Waals surface area contributed by atoms with Crippen molar-refractivity contribution in [3.05, 3.63) is 34.7 Å². The Morgan fingerprint density at radius 1 is 1.45 bits per heavy atom. The van der Waals surface area contributed by atoms with Crippen molar-refractivity contribution in [3.63, 3.8) is 0 Å². The first-order chi connectivity index (χ1) is 9.20. The van der Waals surface area contributed by atoms with E-state index in [0.717, 1.165) is 6.07 Å². The first kappa shape index (κ1) is 14.1. The topological polar surface area (TPSA) is 81.2 Å². The minimum atomic E-state index is -4.67. The molecule has 2 rings (SSSR count). The van der Waals surface area contributed by atoms with E-state index in [1.54, 1.807) is 0 Å². The Morgan fingerprint density at radius 2 is 2.10 bits per heavy atom. The van der Waals surface area contributed by atoms with E-state index in [2.05, 4.69) is 10.1 Å². The maximum absolute atomic E-state index is 12.9. The molecule has 108 valence electrons. The average molecular weight is 289 g/mol. The van der Waals surface area contributed by atoms with Crippen LogP contribution in [0.2, 0.25) is 0 Å². The molecule has 2 heterocycles. The fourth-order valence-electron chi connectivity index (χ4n) is 1.91. The summed E-state index contributed by atoms with van der Waals surface area (Å²) in [7, 11) is 0. The number of alkyl halides is 3. The predicted molar refractivity (Wildman–Crippen MR) is 59.3 cm³/mol. The third-order valence-electron chi connectivity index (χ3n) is 2.64. The summed E-state index contributed by atoms with van der Waals surface area (Å²) in [5.41, 5.74) is -1.50. The van der Waals surface area contributed by atoms with Crippen LogP contribution in [0.25, 0.3) is 0 Å². The van der Waals surface area contributed by atoms with Gasteiger partial charge in [0.05, 0.1) is 0 Å². The van der Waals surface area contributed by atoms with Gasteiger partial charge in [0.15, 0.2) is 5.82 Å². The molecule has 9 heteroatoms. The summed E-state index contributed by atoms with van der Waals surface area (Å²) < 4.78 is 44.2. The van der Waals surface area contributed by atoms with E-state index < -0.39 is 30.1 Å². The number of hydrogen-bond donors (Lipinski definition) is 1. The van der Waals surface area contributed by atoms with Crippen molar-refractivity contribution in [2.45, 2.75) is 26.6 Å². The molecule has 2 aromatic rings. The second kappa shape index (κ2) is 4.66. The van der Waals surface area contributed by atoms with Crippen LogP contribution < -0.4 is 0 Å². The monoisotopic (exact) mass is 289 g/mol. The van der Waals surface area contributed by atoms with Crippen molar-refractivity contribution in [2.24, 2.45) is 0 Å². The van der Waals surface area contributed by atoms with Gasteiger partial charge in [-0.05, 0) is 25.5 Å². The normalized spacial score (nSPS) is 11.8. The summed E-state index contributed by atoms with van der Waals surface area (Å²) in [6.07, 6.45) is -4.67. The number of halogens is 3. The number of aromatic nitrogens is 3. The molecule has 0 aliphatic rings. The van der Waals surface area contributed by atoms with Crippen LogP contribution in [-0.4, -0.2) is 25.8 Å². The van der Waals surface area contributed by atoms with Crippen LogP contribution in [0, 0.1) is 13.8 Å². The van der Waals surface area contributed by atoms with Crippen LogP contribution in [0.15, 0.2) is 10.6 Å². The molecule has 1 N–H and O–H groups in total. The Morgan fingerprint density at radius 3 is 2.55 bits per heavy atom. The van der Waals surface area contributed by atoms with Gasteiger partial charge >= 0.3 is 12.1 Å². The van der Waals surface area contributed by atoms with Gasteiger partial charge in [-0.25, -0.2) is 4.79 Å². The molecule has 0 bridgehead atoms. The summed E-state index contributed by atoms with van der Waals surface area (Å²) >= 11 is 0. The maximum Gasteiger partial charge on any atom is 0.431 e. The third kappa shape index (κ3) is 2.51. The highest BCUT2D eigenvalue weighted by Crippen LogP contribution is 2.33. The lowest BCUT2D eigenvalue weighted by molar-refractivity contribution is -0.143. The quantitative estimate of drug-likeness (QED) is 0.937. The van der Waals surface area contributed by atoms with Crippen molar-refractivity contribution in [2.75, 3.05) is 0 Å². The van der Waals surface area contributed by atoms with Crippen molar-refractivity contribution < 1.29 is 27.6 Å². The molecule has 6 nitrogen and oxygen atoms in total. The molecule has 0 saturated carbocycles. The summed E-state index contributed by atoms with van der Waals surface area (Å²) in [5.74, 6) is -1.28. The zero-order valence-electron chi connectivity index (χ0n) is 10.5. The van der Waals surface area contributed by atoms with E-state index in [1.165, 1.54) is 13.8 Å². The van der Waals surface area contributed by atoms with Crippen molar-refractivity contribution >= 4 is 5.97 Å². The molecule has 0 unspecified atom stereocenters. The Labute approximate surface area is 110 Å². The second-order valence-corrected chi connectivity index (χ2v) is 4.19. The summed E-state index contributed by atoms with van der Waals surface area (Å²) in [6.45, 7) is 2.36. The van der Waals surface area contributed by atoms with Gasteiger partial charge in [-0.1, -0.05) is 5.16 Å². The maximum atomic E-state index is 12.9. The molecule has 0 fully saturated rings. The largest absolute Gasteiger partial charge is 0.477 e. The van der Waals surface area contributed by atoms with Gasteiger partial charge in [0.25, 0.3) is 0 Å². The number of hydrogen-bond acceptors (Lipinski definition) is 4. The molecule has 0 spiro atoms. The lowest BCUT2D eigenvalue weighted by Gasteiger charge is -2.11. The Kier molecular flexibility index (Phi) is 3.28. The highest BCUT2D eigenvalue weighted by atomic mass is 19.4. The Bertz CT molecular complexity index is 658. The molecule has 2 aromatic heterocycles. The van der Waals surface area contributed by atoms with Gasteiger partial charge in [-0.2, -0.15) is 18.2 Å². The molecule has 0 atom stereocenters. The van der Waals surface area contributed by atoms with Gasteiger partial charge < -0.3 is 14.2 Å². The SMILES string of the molecule is Cc1noc(Cn2c(C(F)(F)F)cc(C)c2C(=O)O)n1. The highest BCUT2D eigenvalue weighted by molar-refractivity contribution is 5.88. The Balaban J connectivity index is 2.55. The zero-order valence-corrected chi connectivity index (χ0v) is 10.5. The predicted octanol–water partition coefficient (Wildman–Crippen LogP) is 2.25. The molecule has 0 aromatic carbocycles. The van der Waals surface area contributed by atoms with E-state index in [0.29, 0.717) is 4.57 Å². The lowest BCUT2D eigenvalue weighted by atomic mass is 10.2. The van der Waals surface area contributed by atoms with E-state index in [1.807, 2.05) is 0 Å². The number of carbonyl (C=O) groups is 1. The van der Waals surface area contributed by atoms with E-state index in [-0.39, 0.29) is 17.3 Å². The first-order valence-corrected chi connectivity index (χ1v) is 5.50. The smallest absolute Gasteiger partial charge is 0.431 e. The number of rotatable bonds is 3. The Hall–Kier alpha value is -2.32. The number of aryl methyl sites for hydroxylation is 2. The summed E-state index contributed by atoms with van der Waals surface area (Å²) in [5, 5.41) is 12.5. The van der Waals surface area contributed by atoms with Crippen LogP contribution in [0.1, 0.15) is 33.5 Å². The molecule has 0 saturated heterocycles. The van der Waals surface area contributed by atoms with Gasteiger partial charge in [-0.3, -0.25) is 0 Å². The molecular weight excluding hydrogens is 279 g/mol. The summed E-state index contributed by atoms with van der Waals surface area (Å²) in [6, 6.07) is 0.784. The third-order valence-corrected chi connectivity index (χ3v) is 2.64. The average Bonchev–Trinajstić information content (AvgIpc) is 2.82. The molecule has 0 radical (unpaired) electrons. The van der Waals surface area contributed by atoms with Crippen LogP contribution in [0.3, 0.4) is 0 Å². The second-order valence-electron chi connectivity index (χ2n) is 4.19. The van der Waals surface area contributed by atoms with Crippen molar-refractivity contribution in [3.8, 4) is 0 Å². The minimum Gasteiger partial charge on any atom is -0.477 e. The van der Waals surface area contributed by atoms with Gasteiger partial charge in [0, 0.05) is 0 Å². The van der Waals surface area contributed by atoms with Crippen LogP contribution in [-0.2, 0) is 12.7 Å². The molecule has 0 amide bonds. The van der Waals surface area contributed by atoms with E-state index in [9.17, 15) is 18.0 Å². The van der Waals surface area contributed by atoms with Crippen molar-refractivity contribution in [1.29, 1.82) is 0 Å². The number of carboxylic acid groups (broad SMARTS) is 1. The number of carboxylic acids is 1.